The number of hydrogen-bond acceptors (Lipinski definition) is 1. The molecule has 0 bridgehead atoms. The zero-order valence-electron chi connectivity index (χ0n) is 10.2. The van der Waals surface area contributed by atoms with E-state index in [0.717, 1.165) is 11.1 Å². The molecule has 0 aliphatic heterocycles. The van der Waals surface area contributed by atoms with Crippen molar-refractivity contribution in [2.24, 2.45) is 4.40 Å². The van der Waals surface area contributed by atoms with Crippen LogP contribution in [0.5, 0.6) is 0 Å². The maximum Gasteiger partial charge on any atom is 0.153 e. The molecule has 86 valence electrons. The number of rotatable bonds is 2. The van der Waals surface area contributed by atoms with Crippen molar-refractivity contribution in [3.63, 3.8) is 0 Å². The third kappa shape index (κ3) is 3.76. The Morgan fingerprint density at radius 2 is 1.81 bits per heavy atom. The van der Waals surface area contributed by atoms with Crippen molar-refractivity contribution in [1.29, 1.82) is 0 Å². The van der Waals surface area contributed by atoms with Crippen LogP contribution < -0.4 is 0 Å². The molecule has 2 nitrogen and oxygen atoms in total. The molecule has 0 saturated heterocycles. The Kier molecular flexibility index (Phi) is 4.22. The Labute approximate surface area is 99.7 Å². The second-order valence-corrected chi connectivity index (χ2v) is 6.46. The van der Waals surface area contributed by atoms with E-state index in [9.17, 15) is 4.21 Å². The lowest BCUT2D eigenvalue weighted by Crippen LogP contribution is -2.19. The molecule has 0 heterocycles. The van der Waals surface area contributed by atoms with Gasteiger partial charge in [0, 0.05) is 11.4 Å². The molecule has 1 aromatic rings. The van der Waals surface area contributed by atoms with Crippen molar-refractivity contribution in [2.45, 2.75) is 32.4 Å². The summed E-state index contributed by atoms with van der Waals surface area (Å²) in [6.45, 7) is 7.60. The molecule has 1 rings (SSSR count). The normalized spacial score (nSPS) is 12.8. The average Bonchev–Trinajstić information content (AvgIpc) is 2.25. The zero-order valence-corrected chi connectivity index (χ0v) is 11.0. The smallest absolute Gasteiger partial charge is 0.153 e. The van der Waals surface area contributed by atoms with Gasteiger partial charge in [0.2, 0.25) is 0 Å². The first-order chi connectivity index (χ1) is 7.41. The molecular formula is C13H17NOS. The Morgan fingerprint density at radius 1 is 1.25 bits per heavy atom. The maximum absolute atomic E-state index is 11.7. The molecular weight excluding hydrogens is 218 g/mol. The summed E-state index contributed by atoms with van der Waals surface area (Å²) in [5.41, 5.74) is 1.95. The van der Waals surface area contributed by atoms with Crippen LogP contribution in [0.3, 0.4) is 0 Å². The van der Waals surface area contributed by atoms with E-state index >= 15 is 0 Å². The van der Waals surface area contributed by atoms with Crippen molar-refractivity contribution in [2.75, 3.05) is 0 Å². The summed E-state index contributed by atoms with van der Waals surface area (Å²) in [5.74, 6) is 2.85. The predicted molar refractivity (Wildman–Crippen MR) is 70.9 cm³/mol. The minimum atomic E-state index is -1.24. The summed E-state index contributed by atoms with van der Waals surface area (Å²) < 4.78 is 15.3. The van der Waals surface area contributed by atoms with Crippen molar-refractivity contribution >= 4 is 22.4 Å². The summed E-state index contributed by atoms with van der Waals surface area (Å²) >= 11 is 0. The maximum atomic E-state index is 11.7. The van der Waals surface area contributed by atoms with E-state index < -0.39 is 11.0 Å². The first-order valence-corrected chi connectivity index (χ1v) is 6.29. The van der Waals surface area contributed by atoms with Gasteiger partial charge in [0.15, 0.2) is 11.0 Å². The summed E-state index contributed by atoms with van der Waals surface area (Å²) in [6, 6.07) is 9.85. The molecule has 0 fully saturated rings. The molecule has 0 N–H and O–H groups in total. The predicted octanol–water partition coefficient (Wildman–Crippen LogP) is 3.22. The van der Waals surface area contributed by atoms with Gasteiger partial charge in [-0.3, -0.25) is 0 Å². The van der Waals surface area contributed by atoms with Crippen LogP contribution in [0.25, 0.3) is 5.57 Å². The Morgan fingerprint density at radius 3 is 2.31 bits per heavy atom. The SMILES string of the molecule is CC(=C=NS(=O)C(C)(C)C)c1ccccc1. The number of allylic oxidation sites excluding steroid dienone is 1. The third-order valence-corrected chi connectivity index (χ3v) is 3.33. The van der Waals surface area contributed by atoms with Gasteiger partial charge >= 0.3 is 0 Å². The molecule has 16 heavy (non-hydrogen) atoms. The Balaban J connectivity index is 2.94. The molecule has 0 aromatic heterocycles. The van der Waals surface area contributed by atoms with E-state index in [1.165, 1.54) is 0 Å². The quantitative estimate of drug-likeness (QED) is 0.724. The van der Waals surface area contributed by atoms with Crippen molar-refractivity contribution in [1.82, 2.24) is 0 Å². The number of nitrogens with zero attached hydrogens (tertiary/aromatic N) is 1. The minimum Gasteiger partial charge on any atom is -0.234 e. The number of benzene rings is 1. The van der Waals surface area contributed by atoms with Crippen LogP contribution in [0, 0.1) is 0 Å². The zero-order chi connectivity index (χ0) is 12.2. The van der Waals surface area contributed by atoms with Gasteiger partial charge in [-0.25, -0.2) is 4.21 Å². The van der Waals surface area contributed by atoms with E-state index in [4.69, 9.17) is 0 Å². The third-order valence-electron chi connectivity index (χ3n) is 2.03. The fourth-order valence-electron chi connectivity index (χ4n) is 1.000. The van der Waals surface area contributed by atoms with Crippen LogP contribution in [0.1, 0.15) is 33.3 Å². The molecule has 3 heteroatoms. The van der Waals surface area contributed by atoms with E-state index in [1.807, 2.05) is 58.0 Å². The number of hydrogen-bond donors (Lipinski definition) is 0. The van der Waals surface area contributed by atoms with Gasteiger partial charge in [-0.2, -0.15) is 0 Å². The van der Waals surface area contributed by atoms with Gasteiger partial charge in [-0.1, -0.05) is 30.3 Å². The molecule has 0 aliphatic carbocycles. The van der Waals surface area contributed by atoms with Crippen LogP contribution in [-0.2, 0) is 11.0 Å². The fraction of sp³-hybridized carbons (Fsp3) is 0.385. The van der Waals surface area contributed by atoms with Gasteiger partial charge in [-0.15, -0.1) is 4.40 Å². The van der Waals surface area contributed by atoms with Gasteiger partial charge < -0.3 is 0 Å². The topological polar surface area (TPSA) is 29.4 Å². The Bertz CT molecular complexity index is 437. The van der Waals surface area contributed by atoms with Crippen LogP contribution in [0.2, 0.25) is 0 Å². The highest BCUT2D eigenvalue weighted by atomic mass is 32.2. The van der Waals surface area contributed by atoms with Crippen molar-refractivity contribution < 1.29 is 4.21 Å². The minimum absolute atomic E-state index is 0.329. The lowest BCUT2D eigenvalue weighted by Gasteiger charge is -2.11. The van der Waals surface area contributed by atoms with Crippen LogP contribution in [0.15, 0.2) is 34.7 Å². The summed E-state index contributed by atoms with van der Waals surface area (Å²) in [6.07, 6.45) is 0. The molecule has 1 unspecified atom stereocenters. The van der Waals surface area contributed by atoms with Crippen molar-refractivity contribution in [3.8, 4) is 0 Å². The van der Waals surface area contributed by atoms with E-state index in [1.54, 1.807) is 0 Å². The van der Waals surface area contributed by atoms with Gasteiger partial charge in [0.1, 0.15) is 0 Å². The van der Waals surface area contributed by atoms with Crippen molar-refractivity contribution in [3.05, 3.63) is 35.9 Å². The van der Waals surface area contributed by atoms with E-state index in [2.05, 4.69) is 10.3 Å². The highest BCUT2D eigenvalue weighted by Gasteiger charge is 2.18. The molecule has 1 aromatic carbocycles. The molecule has 0 amide bonds. The first-order valence-electron chi connectivity index (χ1n) is 5.19. The van der Waals surface area contributed by atoms with Gasteiger partial charge in [0.25, 0.3) is 0 Å². The lowest BCUT2D eigenvalue weighted by atomic mass is 10.1. The van der Waals surface area contributed by atoms with Crippen LogP contribution >= 0.6 is 0 Å². The highest BCUT2D eigenvalue weighted by molar-refractivity contribution is 7.85. The first kappa shape index (κ1) is 12.9. The second kappa shape index (κ2) is 5.24. The monoisotopic (exact) mass is 235 g/mol. The molecule has 0 spiro atoms. The highest BCUT2D eigenvalue weighted by Crippen LogP contribution is 2.13. The van der Waals surface area contributed by atoms with E-state index in [0.29, 0.717) is 0 Å². The molecule has 1 atom stereocenters. The molecule has 0 aliphatic rings. The largest absolute Gasteiger partial charge is 0.234 e. The summed E-state index contributed by atoms with van der Waals surface area (Å²) in [7, 11) is -1.24. The molecule has 0 radical (unpaired) electrons. The average molecular weight is 235 g/mol. The standard InChI is InChI=1S/C13H17NOS/c1-11(12-8-6-5-7-9-12)10-14-16(15)13(2,3)4/h5-9H,1-4H3. The fourth-order valence-corrected chi connectivity index (χ4v) is 1.49. The second-order valence-electron chi connectivity index (χ2n) is 4.56. The van der Waals surface area contributed by atoms with Gasteiger partial charge in [-0.05, 0) is 33.3 Å². The lowest BCUT2D eigenvalue weighted by molar-refractivity contribution is 0.651. The molecule has 0 saturated carbocycles. The Hall–Kier alpha value is -1.18. The van der Waals surface area contributed by atoms with Crippen LogP contribution in [-0.4, -0.2) is 14.8 Å². The van der Waals surface area contributed by atoms with Gasteiger partial charge in [0.05, 0.1) is 4.75 Å². The van der Waals surface area contributed by atoms with E-state index in [-0.39, 0.29) is 4.75 Å². The summed E-state index contributed by atoms with van der Waals surface area (Å²) in [4.78, 5) is 0. The van der Waals surface area contributed by atoms with Crippen LogP contribution in [0.4, 0.5) is 0 Å². The summed E-state index contributed by atoms with van der Waals surface area (Å²) in [5, 5.41) is 0.